The number of carbonyl (C=O) groups is 1. The van der Waals surface area contributed by atoms with Crippen molar-refractivity contribution in [2.45, 2.75) is 26.3 Å². The maximum absolute atomic E-state index is 11.9. The molecule has 6 nitrogen and oxygen atoms in total. The van der Waals surface area contributed by atoms with Gasteiger partial charge in [0.1, 0.15) is 0 Å². The van der Waals surface area contributed by atoms with Gasteiger partial charge in [0.05, 0.1) is 18.4 Å². The van der Waals surface area contributed by atoms with Gasteiger partial charge in [0, 0.05) is 25.7 Å². The van der Waals surface area contributed by atoms with Crippen LogP contribution in [-0.2, 0) is 17.8 Å². The van der Waals surface area contributed by atoms with Crippen LogP contribution in [0, 0.1) is 6.92 Å². The maximum Gasteiger partial charge on any atom is 0.223 e. The Morgan fingerprint density at radius 1 is 1.56 bits per heavy atom. The number of carbonyl (C=O) groups excluding carboxylic acids is 1. The molecule has 0 bridgehead atoms. The number of hydrogen-bond acceptors (Lipinski definition) is 4. The first-order valence-corrected chi connectivity index (χ1v) is 5.79. The number of hydrogen-bond donors (Lipinski definition) is 1. The third-order valence-electron chi connectivity index (χ3n) is 2.68. The number of rotatable bonds is 5. The molecule has 0 radical (unpaired) electrons. The van der Waals surface area contributed by atoms with Crippen molar-refractivity contribution in [2.24, 2.45) is 0 Å². The van der Waals surface area contributed by atoms with Crippen LogP contribution in [0.1, 0.15) is 23.4 Å². The van der Waals surface area contributed by atoms with Gasteiger partial charge in [0.2, 0.25) is 5.91 Å². The lowest BCUT2D eigenvalue weighted by molar-refractivity contribution is -0.130. The predicted molar refractivity (Wildman–Crippen MR) is 64.6 cm³/mol. The molecule has 1 N–H and O–H groups in total. The monoisotopic (exact) mass is 248 g/mol. The Morgan fingerprint density at radius 3 is 3.00 bits per heavy atom. The zero-order valence-electron chi connectivity index (χ0n) is 10.5. The summed E-state index contributed by atoms with van der Waals surface area (Å²) >= 11 is 0. The minimum absolute atomic E-state index is 0.0743. The number of aromatic nitrogens is 3. The average Bonchev–Trinajstić information content (AvgIpc) is 2.97. The van der Waals surface area contributed by atoms with E-state index in [4.69, 9.17) is 4.52 Å². The van der Waals surface area contributed by atoms with Crippen molar-refractivity contribution >= 4 is 5.91 Å². The molecule has 0 saturated heterocycles. The predicted octanol–water partition coefficient (Wildman–Crippen LogP) is 1.30. The van der Waals surface area contributed by atoms with Crippen LogP contribution in [0.15, 0.2) is 23.0 Å². The molecule has 0 spiro atoms. The van der Waals surface area contributed by atoms with E-state index in [1.54, 1.807) is 24.3 Å². The Bertz CT molecular complexity index is 504. The second kappa shape index (κ2) is 5.48. The van der Waals surface area contributed by atoms with E-state index in [0.717, 1.165) is 11.3 Å². The lowest BCUT2D eigenvalue weighted by Crippen LogP contribution is -2.26. The summed E-state index contributed by atoms with van der Waals surface area (Å²) in [6.45, 7) is 2.30. The molecule has 0 aliphatic rings. The molecule has 2 heterocycles. The van der Waals surface area contributed by atoms with E-state index < -0.39 is 0 Å². The molecular weight excluding hydrogens is 232 g/mol. The van der Waals surface area contributed by atoms with Crippen molar-refractivity contribution in [3.63, 3.8) is 0 Å². The van der Waals surface area contributed by atoms with Gasteiger partial charge in [-0.1, -0.05) is 5.16 Å². The normalized spacial score (nSPS) is 10.6. The van der Waals surface area contributed by atoms with Crippen molar-refractivity contribution in [1.29, 1.82) is 0 Å². The van der Waals surface area contributed by atoms with E-state index in [2.05, 4.69) is 15.4 Å². The Hall–Kier alpha value is -2.11. The fourth-order valence-electron chi connectivity index (χ4n) is 1.67. The van der Waals surface area contributed by atoms with E-state index in [1.165, 1.54) is 0 Å². The van der Waals surface area contributed by atoms with Crippen molar-refractivity contribution < 1.29 is 9.32 Å². The lowest BCUT2D eigenvalue weighted by atomic mass is 10.2. The molecule has 0 atom stereocenters. The van der Waals surface area contributed by atoms with Gasteiger partial charge >= 0.3 is 0 Å². The number of aryl methyl sites for hydroxylation is 2. The van der Waals surface area contributed by atoms with Crippen molar-refractivity contribution in [3.8, 4) is 0 Å². The summed E-state index contributed by atoms with van der Waals surface area (Å²) < 4.78 is 5.08. The molecule has 0 aliphatic heterocycles. The highest BCUT2D eigenvalue weighted by Crippen LogP contribution is 2.07. The Morgan fingerprint density at radius 2 is 2.39 bits per heavy atom. The summed E-state index contributed by atoms with van der Waals surface area (Å²) in [7, 11) is 1.76. The third kappa shape index (κ3) is 3.19. The fourth-order valence-corrected chi connectivity index (χ4v) is 1.67. The van der Waals surface area contributed by atoms with E-state index in [1.807, 2.05) is 13.0 Å². The Kier molecular flexibility index (Phi) is 3.76. The molecule has 2 rings (SSSR count). The molecule has 2 aromatic heterocycles. The van der Waals surface area contributed by atoms with Gasteiger partial charge in [-0.2, -0.15) is 5.10 Å². The van der Waals surface area contributed by atoms with Crippen LogP contribution in [0.5, 0.6) is 0 Å². The number of aromatic amines is 1. The van der Waals surface area contributed by atoms with Gasteiger partial charge in [-0.15, -0.1) is 0 Å². The summed E-state index contributed by atoms with van der Waals surface area (Å²) in [6.07, 6.45) is 4.68. The first-order chi connectivity index (χ1) is 8.65. The first-order valence-electron chi connectivity index (χ1n) is 5.79. The smallest absolute Gasteiger partial charge is 0.223 e. The summed E-state index contributed by atoms with van der Waals surface area (Å²) in [5, 5.41) is 10.4. The van der Waals surface area contributed by atoms with Crippen LogP contribution in [-0.4, -0.2) is 33.2 Å². The molecule has 0 aliphatic carbocycles. The molecular formula is C12H16N4O2. The maximum atomic E-state index is 11.9. The molecule has 0 unspecified atom stereocenters. The zero-order valence-corrected chi connectivity index (χ0v) is 10.5. The molecule has 0 fully saturated rings. The van der Waals surface area contributed by atoms with E-state index in [-0.39, 0.29) is 5.91 Å². The van der Waals surface area contributed by atoms with Gasteiger partial charge in [-0.25, -0.2) is 0 Å². The van der Waals surface area contributed by atoms with Gasteiger partial charge in [0.15, 0.2) is 5.76 Å². The quantitative estimate of drug-likeness (QED) is 0.865. The second-order valence-corrected chi connectivity index (χ2v) is 4.29. The van der Waals surface area contributed by atoms with E-state index in [0.29, 0.717) is 25.1 Å². The highest BCUT2D eigenvalue weighted by atomic mass is 16.5. The van der Waals surface area contributed by atoms with Crippen molar-refractivity contribution in [1.82, 2.24) is 20.3 Å². The number of amides is 1. The van der Waals surface area contributed by atoms with Gasteiger partial charge in [-0.3, -0.25) is 9.89 Å². The summed E-state index contributed by atoms with van der Waals surface area (Å²) in [4.78, 5) is 13.5. The van der Waals surface area contributed by atoms with Crippen LogP contribution < -0.4 is 0 Å². The molecule has 2 aromatic rings. The molecule has 0 saturated carbocycles. The SMILES string of the molecule is Cc1cc(CN(C)C(=O)CCc2cn[nH]c2)on1. The standard InChI is InChI=1S/C12H16N4O2/c1-9-5-11(18-15-9)8-16(2)12(17)4-3-10-6-13-14-7-10/h5-7H,3-4,8H2,1-2H3,(H,13,14). The topological polar surface area (TPSA) is 75.0 Å². The van der Waals surface area contributed by atoms with Gasteiger partial charge < -0.3 is 9.42 Å². The number of nitrogens with one attached hydrogen (secondary N) is 1. The summed E-state index contributed by atoms with van der Waals surface area (Å²) in [5.74, 6) is 0.775. The summed E-state index contributed by atoms with van der Waals surface area (Å²) in [5.41, 5.74) is 1.86. The molecule has 96 valence electrons. The van der Waals surface area contributed by atoms with Crippen LogP contribution >= 0.6 is 0 Å². The van der Waals surface area contributed by atoms with Gasteiger partial charge in [-0.05, 0) is 18.9 Å². The number of H-pyrrole nitrogens is 1. The van der Waals surface area contributed by atoms with Crippen LogP contribution in [0.4, 0.5) is 0 Å². The summed E-state index contributed by atoms with van der Waals surface area (Å²) in [6, 6.07) is 1.83. The molecule has 0 aromatic carbocycles. The number of nitrogens with zero attached hydrogens (tertiary/aromatic N) is 3. The lowest BCUT2D eigenvalue weighted by Gasteiger charge is -2.14. The molecule has 6 heteroatoms. The van der Waals surface area contributed by atoms with Crippen molar-refractivity contribution in [3.05, 3.63) is 35.5 Å². The first kappa shape index (κ1) is 12.3. The van der Waals surface area contributed by atoms with E-state index in [9.17, 15) is 4.79 Å². The van der Waals surface area contributed by atoms with Crippen LogP contribution in [0.25, 0.3) is 0 Å². The fraction of sp³-hybridized carbons (Fsp3) is 0.417. The second-order valence-electron chi connectivity index (χ2n) is 4.29. The van der Waals surface area contributed by atoms with Crippen LogP contribution in [0.3, 0.4) is 0 Å². The van der Waals surface area contributed by atoms with E-state index >= 15 is 0 Å². The highest BCUT2D eigenvalue weighted by molar-refractivity contribution is 5.76. The minimum atomic E-state index is 0.0743. The zero-order chi connectivity index (χ0) is 13.0. The largest absolute Gasteiger partial charge is 0.359 e. The third-order valence-corrected chi connectivity index (χ3v) is 2.68. The highest BCUT2D eigenvalue weighted by Gasteiger charge is 2.12. The van der Waals surface area contributed by atoms with Gasteiger partial charge in [0.25, 0.3) is 0 Å². The van der Waals surface area contributed by atoms with Crippen molar-refractivity contribution in [2.75, 3.05) is 7.05 Å². The Balaban J connectivity index is 1.81. The molecule has 1 amide bonds. The average molecular weight is 248 g/mol. The van der Waals surface area contributed by atoms with Crippen LogP contribution in [0.2, 0.25) is 0 Å². The molecule has 18 heavy (non-hydrogen) atoms. The Labute approximate surface area is 105 Å². The minimum Gasteiger partial charge on any atom is -0.359 e.